The summed E-state index contributed by atoms with van der Waals surface area (Å²) < 4.78 is 0. The maximum atomic E-state index is 11.0. The van der Waals surface area contributed by atoms with Gasteiger partial charge in [-0.05, 0) is 48.6 Å². The van der Waals surface area contributed by atoms with Gasteiger partial charge in [-0.3, -0.25) is 0 Å². The molecule has 0 bridgehead atoms. The van der Waals surface area contributed by atoms with Crippen LogP contribution in [0.4, 0.5) is 0 Å². The van der Waals surface area contributed by atoms with Gasteiger partial charge in [0.1, 0.15) is 0 Å². The predicted octanol–water partition coefficient (Wildman–Crippen LogP) is 3.14. The number of halogens is 1. The summed E-state index contributed by atoms with van der Waals surface area (Å²) >= 11 is 5.89. The molecule has 2 rings (SSSR count). The number of benzene rings is 1. The van der Waals surface area contributed by atoms with Crippen LogP contribution >= 0.6 is 11.6 Å². The fraction of sp³-hybridized carbons (Fsp3) is 0.250. The molecule has 0 atom stereocenters. The van der Waals surface area contributed by atoms with Gasteiger partial charge in [0.15, 0.2) is 0 Å². The summed E-state index contributed by atoms with van der Waals surface area (Å²) in [4.78, 5) is 11.0. The van der Waals surface area contributed by atoms with Crippen molar-refractivity contribution in [2.24, 2.45) is 0 Å². The van der Waals surface area contributed by atoms with Crippen LogP contribution in [-0.2, 0) is 11.2 Å². The number of aryl methyl sites for hydroxylation is 1. The minimum atomic E-state index is -0.812. The molecule has 0 spiro atoms. The Hall–Kier alpha value is -1.28. The Balaban J connectivity index is 2.57. The first-order valence-corrected chi connectivity index (χ1v) is 5.19. The van der Waals surface area contributed by atoms with Crippen molar-refractivity contribution in [1.29, 1.82) is 0 Å². The molecule has 0 saturated heterocycles. The minimum Gasteiger partial charge on any atom is -0.478 e. The molecule has 0 saturated carbocycles. The van der Waals surface area contributed by atoms with Crippen LogP contribution in [0.5, 0.6) is 0 Å². The van der Waals surface area contributed by atoms with Crippen LogP contribution in [-0.4, -0.2) is 11.1 Å². The minimum absolute atomic E-state index is 0.518. The monoisotopic (exact) mass is 222 g/mol. The van der Waals surface area contributed by atoms with Gasteiger partial charge in [-0.15, -0.1) is 0 Å². The molecule has 0 aliphatic heterocycles. The molecular weight excluding hydrogens is 212 g/mol. The Morgan fingerprint density at radius 1 is 1.40 bits per heavy atom. The molecule has 1 aliphatic rings. The van der Waals surface area contributed by atoms with E-state index in [1.54, 1.807) is 6.07 Å². The van der Waals surface area contributed by atoms with Gasteiger partial charge in [0.25, 0.3) is 0 Å². The number of carboxylic acids is 1. The van der Waals surface area contributed by atoms with E-state index in [1.807, 2.05) is 19.1 Å². The van der Waals surface area contributed by atoms with E-state index in [-0.39, 0.29) is 0 Å². The topological polar surface area (TPSA) is 37.3 Å². The molecule has 1 aromatic rings. The van der Waals surface area contributed by atoms with Crippen molar-refractivity contribution in [2.75, 3.05) is 0 Å². The SMILES string of the molecule is CC1=C(C(=O)O)CCc2cc(Cl)ccc21. The zero-order chi connectivity index (χ0) is 11.0. The van der Waals surface area contributed by atoms with Gasteiger partial charge in [0, 0.05) is 10.6 Å². The molecule has 78 valence electrons. The van der Waals surface area contributed by atoms with Gasteiger partial charge in [-0.25, -0.2) is 4.79 Å². The molecule has 0 radical (unpaired) electrons. The third-order valence-corrected chi connectivity index (χ3v) is 3.06. The zero-order valence-corrected chi connectivity index (χ0v) is 9.14. The van der Waals surface area contributed by atoms with Gasteiger partial charge in [0.2, 0.25) is 0 Å². The Morgan fingerprint density at radius 3 is 2.80 bits per heavy atom. The summed E-state index contributed by atoms with van der Waals surface area (Å²) in [6.07, 6.45) is 1.35. The second kappa shape index (κ2) is 3.70. The third-order valence-electron chi connectivity index (χ3n) is 2.83. The molecule has 3 heteroatoms. The van der Waals surface area contributed by atoms with E-state index >= 15 is 0 Å². The second-order valence-corrected chi connectivity index (χ2v) is 4.15. The molecule has 1 N–H and O–H groups in total. The number of aliphatic carboxylic acids is 1. The Kier molecular flexibility index (Phi) is 2.53. The fourth-order valence-corrected chi connectivity index (χ4v) is 2.21. The molecule has 0 heterocycles. The van der Waals surface area contributed by atoms with Crippen LogP contribution < -0.4 is 0 Å². The first-order valence-electron chi connectivity index (χ1n) is 4.81. The maximum absolute atomic E-state index is 11.0. The standard InChI is InChI=1S/C12H11ClO2/c1-7-10-5-3-9(13)6-8(10)2-4-11(7)12(14)15/h3,5-6H,2,4H2,1H3,(H,14,15). The highest BCUT2D eigenvalue weighted by Crippen LogP contribution is 2.32. The molecule has 1 aliphatic carbocycles. The number of hydrogen-bond acceptors (Lipinski definition) is 1. The third kappa shape index (κ3) is 1.77. The van der Waals surface area contributed by atoms with Crippen LogP contribution in [0, 0.1) is 0 Å². The lowest BCUT2D eigenvalue weighted by Gasteiger charge is -2.18. The van der Waals surface area contributed by atoms with Crippen molar-refractivity contribution in [3.63, 3.8) is 0 Å². The van der Waals surface area contributed by atoms with Crippen LogP contribution in [0.15, 0.2) is 23.8 Å². The molecular formula is C12H11ClO2. The molecule has 0 unspecified atom stereocenters. The highest BCUT2D eigenvalue weighted by atomic mass is 35.5. The lowest BCUT2D eigenvalue weighted by atomic mass is 9.86. The molecule has 15 heavy (non-hydrogen) atoms. The number of carboxylic acid groups (broad SMARTS) is 1. The van der Waals surface area contributed by atoms with Crippen LogP contribution in [0.1, 0.15) is 24.5 Å². The van der Waals surface area contributed by atoms with Crippen LogP contribution in [0.25, 0.3) is 5.57 Å². The lowest BCUT2D eigenvalue weighted by molar-refractivity contribution is -0.132. The van der Waals surface area contributed by atoms with E-state index in [2.05, 4.69) is 0 Å². The van der Waals surface area contributed by atoms with Crippen molar-refractivity contribution in [2.45, 2.75) is 19.8 Å². The van der Waals surface area contributed by atoms with E-state index in [0.717, 1.165) is 23.1 Å². The van der Waals surface area contributed by atoms with E-state index in [0.29, 0.717) is 17.0 Å². The van der Waals surface area contributed by atoms with Crippen molar-refractivity contribution >= 4 is 23.1 Å². The van der Waals surface area contributed by atoms with Crippen molar-refractivity contribution in [3.05, 3.63) is 39.9 Å². The predicted molar refractivity (Wildman–Crippen MR) is 60.0 cm³/mol. The zero-order valence-electron chi connectivity index (χ0n) is 8.38. The summed E-state index contributed by atoms with van der Waals surface area (Å²) in [6.45, 7) is 1.86. The smallest absolute Gasteiger partial charge is 0.331 e. The van der Waals surface area contributed by atoms with E-state index in [4.69, 9.17) is 16.7 Å². The Morgan fingerprint density at radius 2 is 2.13 bits per heavy atom. The van der Waals surface area contributed by atoms with Gasteiger partial charge in [-0.1, -0.05) is 17.7 Å². The quantitative estimate of drug-likeness (QED) is 0.793. The van der Waals surface area contributed by atoms with Gasteiger partial charge >= 0.3 is 5.97 Å². The van der Waals surface area contributed by atoms with Crippen LogP contribution in [0.3, 0.4) is 0 Å². The molecule has 0 aromatic heterocycles. The normalized spacial score (nSPS) is 15.1. The number of allylic oxidation sites excluding steroid dienone is 1. The number of rotatable bonds is 1. The molecule has 0 fully saturated rings. The summed E-state index contributed by atoms with van der Waals surface area (Å²) in [7, 11) is 0. The van der Waals surface area contributed by atoms with E-state index < -0.39 is 5.97 Å². The largest absolute Gasteiger partial charge is 0.478 e. The van der Waals surface area contributed by atoms with Gasteiger partial charge in [-0.2, -0.15) is 0 Å². The average Bonchev–Trinajstić information content (AvgIpc) is 2.17. The first kappa shape index (κ1) is 10.2. The van der Waals surface area contributed by atoms with Gasteiger partial charge < -0.3 is 5.11 Å². The Labute approximate surface area is 93.2 Å². The van der Waals surface area contributed by atoms with Crippen molar-refractivity contribution in [3.8, 4) is 0 Å². The van der Waals surface area contributed by atoms with Crippen molar-refractivity contribution < 1.29 is 9.90 Å². The average molecular weight is 223 g/mol. The number of fused-ring (bicyclic) bond motifs is 1. The first-order chi connectivity index (χ1) is 7.09. The highest BCUT2D eigenvalue weighted by Gasteiger charge is 2.20. The summed E-state index contributed by atoms with van der Waals surface area (Å²) in [5.74, 6) is -0.812. The summed E-state index contributed by atoms with van der Waals surface area (Å²) in [6, 6.07) is 5.61. The van der Waals surface area contributed by atoms with Crippen LogP contribution in [0.2, 0.25) is 5.02 Å². The molecule has 0 amide bonds. The summed E-state index contributed by atoms with van der Waals surface area (Å²) in [5, 5.41) is 9.71. The molecule has 1 aromatic carbocycles. The molecule has 2 nitrogen and oxygen atoms in total. The van der Waals surface area contributed by atoms with Gasteiger partial charge in [0.05, 0.1) is 0 Å². The number of hydrogen-bond donors (Lipinski definition) is 1. The highest BCUT2D eigenvalue weighted by molar-refractivity contribution is 6.30. The summed E-state index contributed by atoms with van der Waals surface area (Å²) in [5.41, 5.74) is 3.54. The number of carbonyl (C=O) groups is 1. The fourth-order valence-electron chi connectivity index (χ4n) is 2.01. The lowest BCUT2D eigenvalue weighted by Crippen LogP contribution is -2.10. The van der Waals surface area contributed by atoms with E-state index in [1.165, 1.54) is 0 Å². The van der Waals surface area contributed by atoms with E-state index in [9.17, 15) is 4.79 Å². The Bertz CT molecular complexity index is 461. The van der Waals surface area contributed by atoms with Crippen molar-refractivity contribution in [1.82, 2.24) is 0 Å². The second-order valence-electron chi connectivity index (χ2n) is 3.71. The maximum Gasteiger partial charge on any atom is 0.331 e.